The van der Waals surface area contributed by atoms with Crippen molar-refractivity contribution < 1.29 is 4.79 Å². The summed E-state index contributed by atoms with van der Waals surface area (Å²) in [6.07, 6.45) is 0.940. The number of benzene rings is 1. The van der Waals surface area contributed by atoms with E-state index in [9.17, 15) is 4.79 Å². The van der Waals surface area contributed by atoms with Crippen molar-refractivity contribution in [3.8, 4) is 0 Å². The summed E-state index contributed by atoms with van der Waals surface area (Å²) < 4.78 is 0. The first kappa shape index (κ1) is 13.6. The molecular formula is C14H22N2O. The molecule has 1 aromatic rings. The van der Waals surface area contributed by atoms with Crippen molar-refractivity contribution in [2.24, 2.45) is 0 Å². The number of anilines is 1. The number of carbonyl (C=O) groups is 1. The first-order chi connectivity index (χ1) is 7.93. The zero-order valence-corrected chi connectivity index (χ0v) is 11.1. The van der Waals surface area contributed by atoms with Crippen LogP contribution in [0.15, 0.2) is 24.3 Å². The molecule has 17 heavy (non-hydrogen) atoms. The molecule has 2 N–H and O–H groups in total. The Morgan fingerprint density at radius 1 is 1.29 bits per heavy atom. The van der Waals surface area contributed by atoms with Crippen molar-refractivity contribution >= 4 is 11.7 Å². The largest absolute Gasteiger partial charge is 0.338 e. The molecule has 0 spiro atoms. The Morgan fingerprint density at radius 2 is 2.00 bits per heavy atom. The number of hydrogen-bond acceptors (Lipinski definition) is 1. The van der Waals surface area contributed by atoms with Crippen LogP contribution in [0, 0.1) is 0 Å². The molecule has 0 aromatic heterocycles. The van der Waals surface area contributed by atoms with Gasteiger partial charge in [0.2, 0.25) is 0 Å². The zero-order chi connectivity index (χ0) is 12.9. The molecule has 3 nitrogen and oxygen atoms in total. The van der Waals surface area contributed by atoms with Gasteiger partial charge in [-0.2, -0.15) is 0 Å². The Morgan fingerprint density at radius 3 is 2.59 bits per heavy atom. The Bertz CT molecular complexity index is 380. The summed E-state index contributed by atoms with van der Waals surface area (Å²) in [7, 11) is 0. The zero-order valence-electron chi connectivity index (χ0n) is 11.1. The highest BCUT2D eigenvalue weighted by Gasteiger charge is 2.13. The average molecular weight is 234 g/mol. The molecule has 1 rings (SSSR count). The third-order valence-electron chi connectivity index (χ3n) is 2.52. The summed E-state index contributed by atoms with van der Waals surface area (Å²) in [5, 5.41) is 5.63. The molecule has 0 unspecified atom stereocenters. The Labute approximate surface area is 104 Å². The first-order valence-corrected chi connectivity index (χ1v) is 6.09. The molecule has 0 fully saturated rings. The van der Waals surface area contributed by atoms with Crippen molar-refractivity contribution in [2.75, 3.05) is 11.9 Å². The minimum atomic E-state index is -0.141. The lowest BCUT2D eigenvalue weighted by Crippen LogP contribution is -2.29. The van der Waals surface area contributed by atoms with Gasteiger partial charge in [0.15, 0.2) is 0 Å². The second kappa shape index (κ2) is 5.71. The second-order valence-corrected chi connectivity index (χ2v) is 5.21. The predicted octanol–water partition coefficient (Wildman–Crippen LogP) is 3.52. The average Bonchev–Trinajstić information content (AvgIpc) is 2.25. The van der Waals surface area contributed by atoms with Crippen LogP contribution in [0.4, 0.5) is 10.5 Å². The normalized spacial score (nSPS) is 11.1. The summed E-state index contributed by atoms with van der Waals surface area (Å²) in [5.41, 5.74) is 2.15. The van der Waals surface area contributed by atoms with Crippen molar-refractivity contribution in [3.05, 3.63) is 29.8 Å². The van der Waals surface area contributed by atoms with Gasteiger partial charge in [-0.1, -0.05) is 39.8 Å². The monoisotopic (exact) mass is 234 g/mol. The van der Waals surface area contributed by atoms with Gasteiger partial charge in [-0.15, -0.1) is 0 Å². The van der Waals surface area contributed by atoms with E-state index < -0.39 is 0 Å². The van der Waals surface area contributed by atoms with Crippen molar-refractivity contribution in [3.63, 3.8) is 0 Å². The molecule has 0 radical (unpaired) electrons. The quantitative estimate of drug-likeness (QED) is 0.825. The van der Waals surface area contributed by atoms with E-state index in [1.807, 2.05) is 25.1 Å². The third kappa shape index (κ3) is 4.47. The molecule has 0 saturated heterocycles. The van der Waals surface area contributed by atoms with Crippen LogP contribution in [0.1, 0.15) is 39.7 Å². The second-order valence-electron chi connectivity index (χ2n) is 5.21. The number of rotatable bonds is 3. The summed E-state index contributed by atoms with van der Waals surface area (Å²) >= 11 is 0. The van der Waals surface area contributed by atoms with Gasteiger partial charge in [-0.25, -0.2) is 4.79 Å². The minimum Gasteiger partial charge on any atom is -0.338 e. The van der Waals surface area contributed by atoms with E-state index in [1.165, 1.54) is 5.56 Å². The fourth-order valence-electron chi connectivity index (χ4n) is 1.48. The van der Waals surface area contributed by atoms with Crippen LogP contribution in [0.5, 0.6) is 0 Å². The topological polar surface area (TPSA) is 41.1 Å². The van der Waals surface area contributed by atoms with Gasteiger partial charge in [0.1, 0.15) is 0 Å². The number of nitrogens with one attached hydrogen (secondary N) is 2. The molecule has 1 aromatic carbocycles. The highest BCUT2D eigenvalue weighted by atomic mass is 16.2. The van der Waals surface area contributed by atoms with Crippen LogP contribution < -0.4 is 10.6 Å². The van der Waals surface area contributed by atoms with Crippen molar-refractivity contribution in [1.29, 1.82) is 0 Å². The molecule has 0 aliphatic rings. The molecule has 3 heteroatoms. The van der Waals surface area contributed by atoms with E-state index in [1.54, 1.807) is 0 Å². The summed E-state index contributed by atoms with van der Waals surface area (Å²) in [4.78, 5) is 11.5. The van der Waals surface area contributed by atoms with Gasteiger partial charge < -0.3 is 10.6 Å². The van der Waals surface area contributed by atoms with Crippen LogP contribution in [-0.4, -0.2) is 12.6 Å². The predicted molar refractivity (Wildman–Crippen MR) is 72.5 cm³/mol. The SMILES string of the molecule is CCCNC(=O)Nc1cccc(C(C)(C)C)c1. The fraction of sp³-hybridized carbons (Fsp3) is 0.500. The third-order valence-corrected chi connectivity index (χ3v) is 2.52. The molecule has 0 saturated carbocycles. The van der Waals surface area contributed by atoms with Crippen LogP contribution >= 0.6 is 0 Å². The van der Waals surface area contributed by atoms with Crippen molar-refractivity contribution in [1.82, 2.24) is 5.32 Å². The van der Waals surface area contributed by atoms with E-state index in [4.69, 9.17) is 0 Å². The summed E-state index contributed by atoms with van der Waals surface area (Å²) in [6.45, 7) is 9.20. The number of carbonyl (C=O) groups excluding carboxylic acids is 1. The highest BCUT2D eigenvalue weighted by Crippen LogP contribution is 2.24. The highest BCUT2D eigenvalue weighted by molar-refractivity contribution is 5.89. The van der Waals surface area contributed by atoms with Crippen molar-refractivity contribution in [2.45, 2.75) is 39.5 Å². The molecule has 2 amide bonds. The Kier molecular flexibility index (Phi) is 4.55. The standard InChI is InChI=1S/C14H22N2O/c1-5-9-15-13(17)16-12-8-6-7-11(10-12)14(2,3)4/h6-8,10H,5,9H2,1-4H3,(H2,15,16,17). The minimum absolute atomic E-state index is 0.0948. The molecular weight excluding hydrogens is 212 g/mol. The lowest BCUT2D eigenvalue weighted by atomic mass is 9.87. The number of hydrogen-bond donors (Lipinski definition) is 2. The smallest absolute Gasteiger partial charge is 0.319 e. The van der Waals surface area contributed by atoms with E-state index in [0.717, 1.165) is 12.1 Å². The molecule has 0 aliphatic carbocycles. The van der Waals surface area contributed by atoms with E-state index in [0.29, 0.717) is 6.54 Å². The number of amides is 2. The first-order valence-electron chi connectivity index (χ1n) is 6.09. The molecule has 0 aliphatic heterocycles. The Hall–Kier alpha value is -1.51. The van der Waals surface area contributed by atoms with Gasteiger partial charge >= 0.3 is 6.03 Å². The van der Waals surface area contributed by atoms with Crippen LogP contribution in [0.25, 0.3) is 0 Å². The Balaban J connectivity index is 2.69. The lowest BCUT2D eigenvalue weighted by Gasteiger charge is -2.19. The van der Waals surface area contributed by atoms with E-state index in [-0.39, 0.29) is 11.4 Å². The maximum atomic E-state index is 11.5. The molecule has 0 atom stereocenters. The molecule has 0 bridgehead atoms. The van der Waals surface area contributed by atoms with Crippen LogP contribution in [0.3, 0.4) is 0 Å². The molecule has 94 valence electrons. The van der Waals surface area contributed by atoms with Gasteiger partial charge in [0, 0.05) is 12.2 Å². The van der Waals surface area contributed by atoms with Gasteiger partial charge in [-0.05, 0) is 29.5 Å². The number of urea groups is 1. The summed E-state index contributed by atoms with van der Waals surface area (Å²) in [6, 6.07) is 7.83. The maximum Gasteiger partial charge on any atom is 0.319 e. The van der Waals surface area contributed by atoms with Gasteiger partial charge in [0.25, 0.3) is 0 Å². The van der Waals surface area contributed by atoms with Gasteiger partial charge in [-0.3, -0.25) is 0 Å². The van der Waals surface area contributed by atoms with Crippen LogP contribution in [0.2, 0.25) is 0 Å². The van der Waals surface area contributed by atoms with Crippen LogP contribution in [-0.2, 0) is 5.41 Å². The van der Waals surface area contributed by atoms with E-state index in [2.05, 4.69) is 37.5 Å². The van der Waals surface area contributed by atoms with Gasteiger partial charge in [0.05, 0.1) is 0 Å². The lowest BCUT2D eigenvalue weighted by molar-refractivity contribution is 0.252. The van der Waals surface area contributed by atoms with E-state index >= 15 is 0 Å². The molecule has 0 heterocycles. The summed E-state index contributed by atoms with van der Waals surface area (Å²) in [5.74, 6) is 0. The maximum absolute atomic E-state index is 11.5. The fourth-order valence-corrected chi connectivity index (χ4v) is 1.48.